The highest BCUT2D eigenvalue weighted by atomic mass is 16.5. The number of nitrogens with zero attached hydrogens (tertiary/aromatic N) is 2. The molecule has 4 nitrogen and oxygen atoms in total. The normalized spacial score (nSPS) is 21.1. The highest BCUT2D eigenvalue weighted by Crippen LogP contribution is 2.26. The van der Waals surface area contributed by atoms with E-state index in [-0.39, 0.29) is 12.5 Å². The zero-order valence-electron chi connectivity index (χ0n) is 12.7. The monoisotopic (exact) mass is 286 g/mol. The molecule has 0 aromatic heterocycles. The Labute approximate surface area is 126 Å². The maximum atomic E-state index is 12.3. The van der Waals surface area contributed by atoms with Gasteiger partial charge in [-0.25, -0.2) is 0 Å². The minimum absolute atomic E-state index is 0.0629. The maximum Gasteiger partial charge on any atom is 0.260 e. The third-order valence-corrected chi connectivity index (χ3v) is 4.11. The molecule has 1 saturated heterocycles. The molecule has 1 aromatic carbocycles. The molecule has 1 aliphatic heterocycles. The van der Waals surface area contributed by atoms with Crippen LogP contribution in [0, 0.1) is 11.3 Å². The molecule has 1 heterocycles. The predicted molar refractivity (Wildman–Crippen MR) is 80.9 cm³/mol. The van der Waals surface area contributed by atoms with Crippen LogP contribution < -0.4 is 4.74 Å². The van der Waals surface area contributed by atoms with Gasteiger partial charge >= 0.3 is 0 Å². The average Bonchev–Trinajstić information content (AvgIpc) is 2.87. The molecule has 1 aromatic rings. The van der Waals surface area contributed by atoms with Gasteiger partial charge in [-0.1, -0.05) is 19.1 Å². The second-order valence-corrected chi connectivity index (χ2v) is 5.56. The van der Waals surface area contributed by atoms with E-state index in [1.807, 2.05) is 29.2 Å². The Morgan fingerprint density at radius 2 is 2.10 bits per heavy atom. The van der Waals surface area contributed by atoms with Gasteiger partial charge in [-0.2, -0.15) is 5.26 Å². The van der Waals surface area contributed by atoms with Crippen molar-refractivity contribution < 1.29 is 9.53 Å². The minimum atomic E-state index is 0.0629. The first-order valence-corrected chi connectivity index (χ1v) is 7.55. The highest BCUT2D eigenvalue weighted by Gasteiger charge is 2.33. The van der Waals surface area contributed by atoms with E-state index in [2.05, 4.69) is 19.9 Å². The molecule has 1 aliphatic rings. The smallest absolute Gasteiger partial charge is 0.260 e. The van der Waals surface area contributed by atoms with Crippen molar-refractivity contribution in [3.05, 3.63) is 29.8 Å². The largest absolute Gasteiger partial charge is 0.484 e. The van der Waals surface area contributed by atoms with E-state index in [9.17, 15) is 4.79 Å². The lowest BCUT2D eigenvalue weighted by molar-refractivity contribution is -0.136. The lowest BCUT2D eigenvalue weighted by atomic mass is 10.1. The summed E-state index contributed by atoms with van der Waals surface area (Å²) in [7, 11) is 0. The van der Waals surface area contributed by atoms with E-state index in [0.717, 1.165) is 24.8 Å². The second-order valence-electron chi connectivity index (χ2n) is 5.56. The van der Waals surface area contributed by atoms with Crippen LogP contribution in [0.3, 0.4) is 0 Å². The maximum absolute atomic E-state index is 12.3. The van der Waals surface area contributed by atoms with Crippen molar-refractivity contribution in [2.24, 2.45) is 0 Å². The minimum Gasteiger partial charge on any atom is -0.484 e. The molecular weight excluding hydrogens is 264 g/mol. The SMILES string of the molecule is CC[C@@H]1CC[C@H](C)N1C(=O)COc1ccc(CC#N)cc1. The molecule has 1 fully saturated rings. The Kier molecular flexibility index (Phi) is 5.21. The summed E-state index contributed by atoms with van der Waals surface area (Å²) in [5.74, 6) is 0.734. The fourth-order valence-corrected chi connectivity index (χ4v) is 2.94. The number of rotatable bonds is 5. The molecule has 1 amide bonds. The molecule has 0 unspecified atom stereocenters. The lowest BCUT2D eigenvalue weighted by Crippen LogP contribution is -2.42. The van der Waals surface area contributed by atoms with Crippen LogP contribution in [0.2, 0.25) is 0 Å². The van der Waals surface area contributed by atoms with Crippen molar-refractivity contribution in [2.45, 2.75) is 51.6 Å². The third-order valence-electron chi connectivity index (χ3n) is 4.11. The number of ether oxygens (including phenoxy) is 1. The van der Waals surface area contributed by atoms with Crippen molar-refractivity contribution in [1.29, 1.82) is 5.26 Å². The van der Waals surface area contributed by atoms with Gasteiger partial charge in [-0.05, 0) is 43.9 Å². The zero-order valence-corrected chi connectivity index (χ0v) is 12.7. The van der Waals surface area contributed by atoms with Gasteiger partial charge in [-0.15, -0.1) is 0 Å². The molecule has 0 bridgehead atoms. The fraction of sp³-hybridized carbons (Fsp3) is 0.529. The standard InChI is InChI=1S/C17H22N2O2/c1-3-15-7-4-13(2)19(15)17(20)12-21-16-8-5-14(6-9-16)10-11-18/h5-6,8-9,13,15H,3-4,7,10,12H2,1-2H3/t13-,15+/m0/s1. The van der Waals surface area contributed by atoms with Crippen LogP contribution in [-0.4, -0.2) is 29.5 Å². The van der Waals surface area contributed by atoms with Gasteiger partial charge < -0.3 is 9.64 Å². The van der Waals surface area contributed by atoms with E-state index >= 15 is 0 Å². The van der Waals surface area contributed by atoms with E-state index in [0.29, 0.717) is 24.3 Å². The summed E-state index contributed by atoms with van der Waals surface area (Å²) in [5, 5.41) is 8.63. The van der Waals surface area contributed by atoms with E-state index in [1.54, 1.807) is 0 Å². The molecule has 112 valence electrons. The first-order chi connectivity index (χ1) is 10.2. The summed E-state index contributed by atoms with van der Waals surface area (Å²) in [5.41, 5.74) is 0.954. The molecule has 2 atom stereocenters. The quantitative estimate of drug-likeness (QED) is 0.836. The number of amides is 1. The number of carbonyl (C=O) groups excluding carboxylic acids is 1. The van der Waals surface area contributed by atoms with Crippen LogP contribution in [0.4, 0.5) is 0 Å². The van der Waals surface area contributed by atoms with Gasteiger partial charge in [0.2, 0.25) is 0 Å². The molecule has 2 rings (SSSR count). The summed E-state index contributed by atoms with van der Waals surface area (Å²) >= 11 is 0. The first-order valence-electron chi connectivity index (χ1n) is 7.55. The van der Waals surface area contributed by atoms with Crippen LogP contribution in [-0.2, 0) is 11.2 Å². The van der Waals surface area contributed by atoms with Crippen LogP contribution in [0.15, 0.2) is 24.3 Å². The van der Waals surface area contributed by atoms with Crippen molar-refractivity contribution in [3.63, 3.8) is 0 Å². The number of hydrogen-bond acceptors (Lipinski definition) is 3. The van der Waals surface area contributed by atoms with Crippen LogP contribution in [0.5, 0.6) is 5.75 Å². The van der Waals surface area contributed by atoms with Gasteiger partial charge in [0.15, 0.2) is 6.61 Å². The Morgan fingerprint density at radius 1 is 1.38 bits per heavy atom. The summed E-state index contributed by atoms with van der Waals surface area (Å²) < 4.78 is 5.58. The molecule has 0 N–H and O–H groups in total. The molecule has 4 heteroatoms. The van der Waals surface area contributed by atoms with Crippen molar-refractivity contribution in [2.75, 3.05) is 6.61 Å². The lowest BCUT2D eigenvalue weighted by Gasteiger charge is -2.27. The van der Waals surface area contributed by atoms with Gasteiger partial charge in [0.05, 0.1) is 12.5 Å². The van der Waals surface area contributed by atoms with Gasteiger partial charge in [0.25, 0.3) is 5.91 Å². The Balaban J connectivity index is 1.90. The highest BCUT2D eigenvalue weighted by molar-refractivity contribution is 5.78. The third kappa shape index (κ3) is 3.75. The van der Waals surface area contributed by atoms with Crippen LogP contribution in [0.1, 0.15) is 38.7 Å². The van der Waals surface area contributed by atoms with E-state index in [4.69, 9.17) is 10.00 Å². The number of carbonyl (C=O) groups is 1. The molecule has 0 saturated carbocycles. The van der Waals surface area contributed by atoms with Crippen molar-refractivity contribution in [3.8, 4) is 11.8 Å². The summed E-state index contributed by atoms with van der Waals surface area (Å²) in [6.45, 7) is 4.31. The average molecular weight is 286 g/mol. The Morgan fingerprint density at radius 3 is 2.71 bits per heavy atom. The van der Waals surface area contributed by atoms with Gasteiger partial charge in [0.1, 0.15) is 5.75 Å². The van der Waals surface area contributed by atoms with Crippen molar-refractivity contribution in [1.82, 2.24) is 4.90 Å². The molecule has 0 spiro atoms. The molecule has 0 aliphatic carbocycles. The van der Waals surface area contributed by atoms with Crippen molar-refractivity contribution >= 4 is 5.91 Å². The fourth-order valence-electron chi connectivity index (χ4n) is 2.94. The van der Waals surface area contributed by atoms with Crippen LogP contribution in [0.25, 0.3) is 0 Å². The number of hydrogen-bond donors (Lipinski definition) is 0. The topological polar surface area (TPSA) is 53.3 Å². The number of nitriles is 1. The molecular formula is C17H22N2O2. The Hall–Kier alpha value is -2.02. The van der Waals surface area contributed by atoms with Crippen LogP contribution >= 0.6 is 0 Å². The summed E-state index contributed by atoms with van der Waals surface area (Å²) in [6.07, 6.45) is 3.56. The summed E-state index contributed by atoms with van der Waals surface area (Å²) in [4.78, 5) is 14.3. The molecule has 0 radical (unpaired) electrons. The van der Waals surface area contributed by atoms with Gasteiger partial charge in [0, 0.05) is 12.1 Å². The van der Waals surface area contributed by atoms with Gasteiger partial charge in [-0.3, -0.25) is 4.79 Å². The number of likely N-dealkylation sites (tertiary alicyclic amines) is 1. The number of benzene rings is 1. The van der Waals surface area contributed by atoms with E-state index < -0.39 is 0 Å². The first kappa shape index (κ1) is 15.4. The molecule has 21 heavy (non-hydrogen) atoms. The van der Waals surface area contributed by atoms with E-state index in [1.165, 1.54) is 0 Å². The zero-order chi connectivity index (χ0) is 15.2. The Bertz CT molecular complexity index is 519. The summed E-state index contributed by atoms with van der Waals surface area (Å²) in [6, 6.07) is 10.1. The predicted octanol–water partition coefficient (Wildman–Crippen LogP) is 2.92. The second kappa shape index (κ2) is 7.12.